The van der Waals surface area contributed by atoms with Crippen molar-refractivity contribution in [3.8, 4) is 11.3 Å². The second-order valence-corrected chi connectivity index (χ2v) is 4.75. The van der Waals surface area contributed by atoms with Gasteiger partial charge in [0.25, 0.3) is 0 Å². The van der Waals surface area contributed by atoms with Gasteiger partial charge in [0, 0.05) is 23.8 Å². The molecule has 0 aliphatic heterocycles. The van der Waals surface area contributed by atoms with Crippen molar-refractivity contribution in [2.45, 2.75) is 0 Å². The van der Waals surface area contributed by atoms with Crippen molar-refractivity contribution in [3.63, 3.8) is 0 Å². The number of nitrogens with zero attached hydrogens (tertiary/aromatic N) is 2. The lowest BCUT2D eigenvalue weighted by molar-refractivity contribution is 1.20. The summed E-state index contributed by atoms with van der Waals surface area (Å²) in [6.45, 7) is 0. The predicted molar refractivity (Wildman–Crippen MR) is 83.4 cm³/mol. The number of fused-ring (bicyclic) bond motifs is 1. The Morgan fingerprint density at radius 1 is 0.905 bits per heavy atom. The van der Waals surface area contributed by atoms with E-state index in [1.54, 1.807) is 6.33 Å². The zero-order valence-electron chi connectivity index (χ0n) is 11.2. The number of H-pyrrole nitrogens is 2. The molecule has 3 heterocycles. The van der Waals surface area contributed by atoms with Gasteiger partial charge in [0.15, 0.2) is 0 Å². The van der Waals surface area contributed by atoms with Crippen molar-refractivity contribution in [2.75, 3.05) is 5.32 Å². The van der Waals surface area contributed by atoms with Gasteiger partial charge in [-0.3, -0.25) is 0 Å². The molecule has 1 aromatic carbocycles. The number of benzene rings is 1. The molecule has 3 N–H and O–H groups in total. The molecule has 0 radical (unpaired) electrons. The Morgan fingerprint density at radius 3 is 2.81 bits per heavy atom. The van der Waals surface area contributed by atoms with Crippen LogP contribution in [0.25, 0.3) is 22.3 Å². The largest absolute Gasteiger partial charge is 0.361 e. The van der Waals surface area contributed by atoms with E-state index in [2.05, 4.69) is 37.4 Å². The molecule has 0 atom stereocenters. The molecule has 102 valence electrons. The van der Waals surface area contributed by atoms with Crippen LogP contribution in [0.3, 0.4) is 0 Å². The van der Waals surface area contributed by atoms with Crippen LogP contribution in [0.1, 0.15) is 0 Å². The first-order valence-electron chi connectivity index (χ1n) is 6.69. The second kappa shape index (κ2) is 4.79. The maximum Gasteiger partial charge on any atom is 0.143 e. The van der Waals surface area contributed by atoms with Crippen molar-refractivity contribution < 1.29 is 0 Å². The van der Waals surface area contributed by atoms with Crippen LogP contribution >= 0.6 is 0 Å². The van der Waals surface area contributed by atoms with E-state index in [-0.39, 0.29) is 0 Å². The van der Waals surface area contributed by atoms with Gasteiger partial charge in [-0.2, -0.15) is 0 Å². The van der Waals surface area contributed by atoms with Crippen LogP contribution in [0.2, 0.25) is 0 Å². The number of anilines is 2. The summed E-state index contributed by atoms with van der Waals surface area (Å²) < 4.78 is 0. The molecule has 0 aliphatic carbocycles. The monoisotopic (exact) mass is 275 g/mol. The van der Waals surface area contributed by atoms with Crippen molar-refractivity contribution in [1.82, 2.24) is 19.9 Å². The van der Waals surface area contributed by atoms with Gasteiger partial charge in [0.1, 0.15) is 17.8 Å². The Labute approximate surface area is 121 Å². The number of hydrogen-bond acceptors (Lipinski definition) is 3. The van der Waals surface area contributed by atoms with Crippen LogP contribution in [0.4, 0.5) is 11.5 Å². The Bertz CT molecular complexity index is 876. The lowest BCUT2D eigenvalue weighted by Crippen LogP contribution is -1.95. The van der Waals surface area contributed by atoms with Crippen molar-refractivity contribution in [2.24, 2.45) is 0 Å². The summed E-state index contributed by atoms with van der Waals surface area (Å²) in [6, 6.07) is 14.2. The van der Waals surface area contributed by atoms with Gasteiger partial charge in [0.2, 0.25) is 0 Å². The number of aromatic nitrogens is 4. The first-order chi connectivity index (χ1) is 10.4. The third-order valence-electron chi connectivity index (χ3n) is 3.39. The number of nitrogens with one attached hydrogen (secondary N) is 3. The molecule has 4 aromatic rings. The van der Waals surface area contributed by atoms with E-state index >= 15 is 0 Å². The molecule has 0 bridgehead atoms. The van der Waals surface area contributed by atoms with E-state index in [9.17, 15) is 0 Å². The molecule has 5 nitrogen and oxygen atoms in total. The molecule has 0 aliphatic rings. The summed E-state index contributed by atoms with van der Waals surface area (Å²) in [4.78, 5) is 14.8. The zero-order chi connectivity index (χ0) is 14.1. The van der Waals surface area contributed by atoms with Crippen molar-refractivity contribution in [3.05, 3.63) is 61.2 Å². The van der Waals surface area contributed by atoms with E-state index in [0.717, 1.165) is 33.8 Å². The summed E-state index contributed by atoms with van der Waals surface area (Å²) in [7, 11) is 0. The highest BCUT2D eigenvalue weighted by molar-refractivity contribution is 5.89. The van der Waals surface area contributed by atoms with Crippen LogP contribution in [0.5, 0.6) is 0 Å². The highest BCUT2D eigenvalue weighted by Crippen LogP contribution is 2.25. The molecule has 0 saturated carbocycles. The minimum atomic E-state index is 0.796. The summed E-state index contributed by atoms with van der Waals surface area (Å²) in [5.41, 5.74) is 4.04. The Kier molecular flexibility index (Phi) is 2.67. The van der Waals surface area contributed by atoms with Crippen LogP contribution in [0.15, 0.2) is 61.2 Å². The normalized spacial score (nSPS) is 10.9. The third kappa shape index (κ3) is 2.14. The first-order valence-corrected chi connectivity index (χ1v) is 6.69. The van der Waals surface area contributed by atoms with Gasteiger partial charge >= 0.3 is 0 Å². The summed E-state index contributed by atoms with van der Waals surface area (Å²) >= 11 is 0. The molecular formula is C16H13N5. The third-order valence-corrected chi connectivity index (χ3v) is 3.39. The van der Waals surface area contributed by atoms with E-state index < -0.39 is 0 Å². The van der Waals surface area contributed by atoms with Gasteiger partial charge in [-0.15, -0.1) is 0 Å². The maximum atomic E-state index is 4.32. The SMILES string of the molecule is c1cc(Nc2ncnc3[nH]ccc23)cc(-c2ccc[nH]2)c1. The highest BCUT2D eigenvalue weighted by Gasteiger charge is 2.05. The maximum absolute atomic E-state index is 4.32. The van der Waals surface area contributed by atoms with Crippen LogP contribution < -0.4 is 5.32 Å². The topological polar surface area (TPSA) is 69.4 Å². The quantitative estimate of drug-likeness (QED) is 0.534. The Morgan fingerprint density at radius 2 is 1.90 bits per heavy atom. The van der Waals surface area contributed by atoms with E-state index in [1.807, 2.05) is 42.7 Å². The Hall–Kier alpha value is -3.08. The predicted octanol–water partition coefficient (Wildman–Crippen LogP) is 3.70. The van der Waals surface area contributed by atoms with E-state index in [4.69, 9.17) is 0 Å². The smallest absolute Gasteiger partial charge is 0.143 e. The Balaban J connectivity index is 1.71. The van der Waals surface area contributed by atoms with E-state index in [0.29, 0.717) is 0 Å². The molecule has 4 rings (SSSR count). The van der Waals surface area contributed by atoms with Crippen molar-refractivity contribution in [1.29, 1.82) is 0 Å². The molecule has 5 heteroatoms. The van der Waals surface area contributed by atoms with E-state index in [1.165, 1.54) is 0 Å². The number of rotatable bonds is 3. The van der Waals surface area contributed by atoms with Crippen LogP contribution in [-0.2, 0) is 0 Å². The highest BCUT2D eigenvalue weighted by atomic mass is 15.0. The molecule has 0 spiro atoms. The van der Waals surface area contributed by atoms with Gasteiger partial charge in [-0.05, 0) is 35.9 Å². The molecule has 0 fully saturated rings. The van der Waals surface area contributed by atoms with Crippen molar-refractivity contribution >= 4 is 22.5 Å². The second-order valence-electron chi connectivity index (χ2n) is 4.75. The minimum Gasteiger partial charge on any atom is -0.361 e. The molecular weight excluding hydrogens is 262 g/mol. The van der Waals surface area contributed by atoms with Gasteiger partial charge < -0.3 is 15.3 Å². The fourth-order valence-electron chi connectivity index (χ4n) is 2.38. The molecule has 3 aromatic heterocycles. The fraction of sp³-hybridized carbons (Fsp3) is 0. The lowest BCUT2D eigenvalue weighted by atomic mass is 10.1. The minimum absolute atomic E-state index is 0.796. The van der Waals surface area contributed by atoms with Gasteiger partial charge in [0.05, 0.1) is 5.39 Å². The number of hydrogen-bond donors (Lipinski definition) is 3. The number of aromatic amines is 2. The average molecular weight is 275 g/mol. The van der Waals surface area contributed by atoms with Gasteiger partial charge in [-0.1, -0.05) is 12.1 Å². The lowest BCUT2D eigenvalue weighted by Gasteiger charge is -2.08. The molecule has 0 saturated heterocycles. The fourth-order valence-corrected chi connectivity index (χ4v) is 2.38. The van der Waals surface area contributed by atoms with Gasteiger partial charge in [-0.25, -0.2) is 9.97 Å². The summed E-state index contributed by atoms with van der Waals surface area (Å²) in [5, 5.41) is 4.33. The zero-order valence-corrected chi connectivity index (χ0v) is 11.2. The van der Waals surface area contributed by atoms with Crippen LogP contribution in [0, 0.1) is 0 Å². The molecule has 21 heavy (non-hydrogen) atoms. The average Bonchev–Trinajstić information content (AvgIpc) is 3.20. The summed E-state index contributed by atoms with van der Waals surface area (Å²) in [6.07, 6.45) is 5.33. The first kappa shape index (κ1) is 11.7. The molecule has 0 amide bonds. The van der Waals surface area contributed by atoms with Crippen LogP contribution in [-0.4, -0.2) is 19.9 Å². The molecule has 0 unspecified atom stereocenters. The standard InChI is InChI=1S/C16H13N5/c1-3-11(14-5-2-7-17-14)9-12(4-1)21-16-13-6-8-18-15(13)19-10-20-16/h1-10,17H,(H2,18,19,20,21). The summed E-state index contributed by atoms with van der Waals surface area (Å²) in [5.74, 6) is 0.796.